The van der Waals surface area contributed by atoms with Gasteiger partial charge in [-0.2, -0.15) is 0 Å². The van der Waals surface area contributed by atoms with Gasteiger partial charge in [0.2, 0.25) is 5.91 Å². The number of rotatable bonds is 5. The van der Waals surface area contributed by atoms with Crippen molar-refractivity contribution in [3.8, 4) is 0 Å². The van der Waals surface area contributed by atoms with Crippen molar-refractivity contribution in [2.75, 3.05) is 5.32 Å². The van der Waals surface area contributed by atoms with Crippen LogP contribution in [-0.4, -0.2) is 15.5 Å². The molecule has 0 saturated heterocycles. The van der Waals surface area contributed by atoms with Gasteiger partial charge in [-0.25, -0.2) is 4.98 Å². The molecule has 2 aromatic heterocycles. The number of hydrogen-bond donors (Lipinski definition) is 1. The van der Waals surface area contributed by atoms with Crippen LogP contribution in [0, 0.1) is 20.8 Å². The predicted molar refractivity (Wildman–Crippen MR) is 107 cm³/mol. The van der Waals surface area contributed by atoms with Crippen LogP contribution in [0.15, 0.2) is 29.3 Å². The van der Waals surface area contributed by atoms with Crippen molar-refractivity contribution in [3.63, 3.8) is 0 Å². The second-order valence-electron chi connectivity index (χ2n) is 6.47. The molecule has 0 unspecified atom stereocenters. The lowest BCUT2D eigenvalue weighted by atomic mass is 10.1. The van der Waals surface area contributed by atoms with Gasteiger partial charge in [0.05, 0.1) is 11.7 Å². The molecule has 0 aliphatic rings. The Morgan fingerprint density at radius 3 is 2.77 bits per heavy atom. The summed E-state index contributed by atoms with van der Waals surface area (Å²) < 4.78 is 1.53. The number of amides is 1. The van der Waals surface area contributed by atoms with Crippen molar-refractivity contribution in [1.82, 2.24) is 9.55 Å². The maximum absolute atomic E-state index is 12.7. The molecule has 0 aliphatic carbocycles. The first kappa shape index (κ1) is 18.3. The van der Waals surface area contributed by atoms with E-state index in [0.717, 1.165) is 38.5 Å². The Labute approximate surface area is 156 Å². The van der Waals surface area contributed by atoms with Gasteiger partial charge >= 0.3 is 0 Å². The van der Waals surface area contributed by atoms with E-state index in [1.807, 2.05) is 39.0 Å². The molecule has 0 fully saturated rings. The van der Waals surface area contributed by atoms with Gasteiger partial charge in [-0.05, 0) is 43.9 Å². The topological polar surface area (TPSA) is 64.0 Å². The van der Waals surface area contributed by atoms with Crippen molar-refractivity contribution < 1.29 is 4.79 Å². The van der Waals surface area contributed by atoms with Gasteiger partial charge in [0.1, 0.15) is 4.83 Å². The number of aryl methyl sites for hydroxylation is 5. The summed E-state index contributed by atoms with van der Waals surface area (Å²) >= 11 is 1.53. The Morgan fingerprint density at radius 2 is 2.04 bits per heavy atom. The summed E-state index contributed by atoms with van der Waals surface area (Å²) in [6, 6.07) is 6.00. The standard InChI is InChI=1S/C20H23N3O2S/c1-5-15-8-6-7-12(2)18(15)22-16(24)9-10-23-11-21-19-17(20(23)25)13(3)14(4)26-19/h6-8,11H,5,9-10H2,1-4H3,(H,22,24). The lowest BCUT2D eigenvalue weighted by Crippen LogP contribution is -2.24. The molecule has 2 heterocycles. The largest absolute Gasteiger partial charge is 0.326 e. The first-order valence-corrected chi connectivity index (χ1v) is 9.57. The molecule has 0 spiro atoms. The number of hydrogen-bond acceptors (Lipinski definition) is 4. The number of thiophene rings is 1. The average molecular weight is 369 g/mol. The second kappa shape index (κ2) is 7.41. The van der Waals surface area contributed by atoms with Crippen LogP contribution in [0.1, 0.15) is 34.9 Å². The van der Waals surface area contributed by atoms with Crippen LogP contribution in [0.3, 0.4) is 0 Å². The number of anilines is 1. The van der Waals surface area contributed by atoms with Crippen molar-refractivity contribution in [2.45, 2.75) is 47.1 Å². The summed E-state index contributed by atoms with van der Waals surface area (Å²) in [5.74, 6) is -0.0979. The zero-order valence-electron chi connectivity index (χ0n) is 15.5. The third-order valence-corrected chi connectivity index (χ3v) is 5.86. The zero-order chi connectivity index (χ0) is 18.8. The molecule has 0 aliphatic heterocycles. The third-order valence-electron chi connectivity index (χ3n) is 4.74. The van der Waals surface area contributed by atoms with Gasteiger partial charge in [0.25, 0.3) is 5.56 Å². The quantitative estimate of drug-likeness (QED) is 0.740. The minimum atomic E-state index is -0.0979. The zero-order valence-corrected chi connectivity index (χ0v) is 16.4. The average Bonchev–Trinajstić information content (AvgIpc) is 2.91. The molecular formula is C20H23N3O2S. The summed E-state index contributed by atoms with van der Waals surface area (Å²) in [4.78, 5) is 31.3. The number of fused-ring (bicyclic) bond motifs is 1. The summed E-state index contributed by atoms with van der Waals surface area (Å²) in [6.45, 7) is 8.30. The smallest absolute Gasteiger partial charge is 0.262 e. The van der Waals surface area contributed by atoms with Gasteiger partial charge in [-0.3, -0.25) is 14.2 Å². The van der Waals surface area contributed by atoms with E-state index >= 15 is 0 Å². The van der Waals surface area contributed by atoms with Crippen molar-refractivity contribution in [1.29, 1.82) is 0 Å². The van der Waals surface area contributed by atoms with E-state index < -0.39 is 0 Å². The SMILES string of the molecule is CCc1cccc(C)c1NC(=O)CCn1cnc2sc(C)c(C)c2c1=O. The van der Waals surface area contributed by atoms with Crippen LogP contribution in [0.4, 0.5) is 5.69 Å². The van der Waals surface area contributed by atoms with E-state index in [1.54, 1.807) is 6.33 Å². The molecule has 26 heavy (non-hydrogen) atoms. The molecule has 0 atom stereocenters. The molecule has 136 valence electrons. The molecular weight excluding hydrogens is 346 g/mol. The predicted octanol–water partition coefficient (Wildman–Crippen LogP) is 3.97. The first-order chi connectivity index (χ1) is 12.4. The fraction of sp³-hybridized carbons (Fsp3) is 0.350. The van der Waals surface area contributed by atoms with E-state index in [0.29, 0.717) is 11.9 Å². The third kappa shape index (κ3) is 3.42. The van der Waals surface area contributed by atoms with Crippen LogP contribution < -0.4 is 10.9 Å². The number of carbonyl (C=O) groups is 1. The fourth-order valence-corrected chi connectivity index (χ4v) is 4.04. The van der Waals surface area contributed by atoms with Gasteiger partial charge in [-0.15, -0.1) is 11.3 Å². The molecule has 0 radical (unpaired) electrons. The molecule has 1 aromatic carbocycles. The molecule has 6 heteroatoms. The lowest BCUT2D eigenvalue weighted by molar-refractivity contribution is -0.116. The van der Waals surface area contributed by atoms with E-state index in [2.05, 4.69) is 17.2 Å². The van der Waals surface area contributed by atoms with Crippen LogP contribution in [-0.2, 0) is 17.8 Å². The van der Waals surface area contributed by atoms with E-state index in [1.165, 1.54) is 15.9 Å². The van der Waals surface area contributed by atoms with E-state index in [4.69, 9.17) is 0 Å². The highest BCUT2D eigenvalue weighted by atomic mass is 32.1. The van der Waals surface area contributed by atoms with Gasteiger partial charge in [0.15, 0.2) is 0 Å². The molecule has 0 saturated carbocycles. The highest BCUT2D eigenvalue weighted by Crippen LogP contribution is 2.25. The van der Waals surface area contributed by atoms with E-state index in [-0.39, 0.29) is 17.9 Å². The number of benzene rings is 1. The number of carbonyl (C=O) groups excluding carboxylic acids is 1. The van der Waals surface area contributed by atoms with Gasteiger partial charge in [0, 0.05) is 23.5 Å². The lowest BCUT2D eigenvalue weighted by Gasteiger charge is -2.13. The first-order valence-electron chi connectivity index (χ1n) is 8.75. The normalized spacial score (nSPS) is 11.1. The Balaban J connectivity index is 1.77. The van der Waals surface area contributed by atoms with Crippen molar-refractivity contribution >= 4 is 33.1 Å². The number of nitrogens with zero attached hydrogens (tertiary/aromatic N) is 2. The Morgan fingerprint density at radius 1 is 1.27 bits per heavy atom. The number of para-hydroxylation sites is 1. The highest BCUT2D eigenvalue weighted by molar-refractivity contribution is 7.18. The summed E-state index contributed by atoms with van der Waals surface area (Å²) in [5.41, 5.74) is 3.94. The van der Waals surface area contributed by atoms with Crippen LogP contribution in [0.5, 0.6) is 0 Å². The molecule has 5 nitrogen and oxygen atoms in total. The molecule has 1 amide bonds. The molecule has 3 rings (SSSR count). The Kier molecular flexibility index (Phi) is 5.23. The second-order valence-corrected chi connectivity index (χ2v) is 7.67. The molecule has 1 N–H and O–H groups in total. The van der Waals surface area contributed by atoms with Crippen molar-refractivity contribution in [3.05, 3.63) is 56.4 Å². The Hall–Kier alpha value is -2.47. The molecule has 3 aromatic rings. The Bertz CT molecular complexity index is 1030. The van der Waals surface area contributed by atoms with Crippen LogP contribution >= 0.6 is 11.3 Å². The number of nitrogens with one attached hydrogen (secondary N) is 1. The maximum Gasteiger partial charge on any atom is 0.262 e. The van der Waals surface area contributed by atoms with Gasteiger partial charge in [-0.1, -0.05) is 25.1 Å². The monoisotopic (exact) mass is 369 g/mol. The summed E-state index contributed by atoms with van der Waals surface area (Å²) in [7, 11) is 0. The van der Waals surface area contributed by atoms with Crippen molar-refractivity contribution in [2.24, 2.45) is 0 Å². The van der Waals surface area contributed by atoms with Crippen LogP contribution in [0.25, 0.3) is 10.2 Å². The van der Waals surface area contributed by atoms with Crippen LogP contribution in [0.2, 0.25) is 0 Å². The highest BCUT2D eigenvalue weighted by Gasteiger charge is 2.13. The maximum atomic E-state index is 12.7. The van der Waals surface area contributed by atoms with Gasteiger partial charge < -0.3 is 5.32 Å². The summed E-state index contributed by atoms with van der Waals surface area (Å²) in [6.07, 6.45) is 2.62. The minimum absolute atomic E-state index is 0.0743. The molecule has 0 bridgehead atoms. The fourth-order valence-electron chi connectivity index (χ4n) is 3.06. The number of aromatic nitrogens is 2. The minimum Gasteiger partial charge on any atom is -0.326 e. The summed E-state index contributed by atoms with van der Waals surface area (Å²) in [5, 5.41) is 3.67. The van der Waals surface area contributed by atoms with E-state index in [9.17, 15) is 9.59 Å².